The standard InChI is InChI=1S/C19H26N2O3/c1-21(12-14-8-9-19(23-2)18(22)10-14)13-16-11-17(20-24-16)15-6-4-3-5-7-15/h8-11,15,22H,3-7,12-13H2,1-2H3. The van der Waals surface area contributed by atoms with Crippen LogP contribution in [0, 0.1) is 0 Å². The van der Waals surface area contributed by atoms with Crippen molar-refractivity contribution in [2.24, 2.45) is 0 Å². The maximum Gasteiger partial charge on any atom is 0.160 e. The van der Waals surface area contributed by atoms with Gasteiger partial charge in [0.1, 0.15) is 0 Å². The predicted molar refractivity (Wildman–Crippen MR) is 92.2 cm³/mol. The van der Waals surface area contributed by atoms with Crippen LogP contribution in [0.5, 0.6) is 11.5 Å². The molecule has 1 N–H and O–H groups in total. The van der Waals surface area contributed by atoms with Crippen LogP contribution in [0.2, 0.25) is 0 Å². The van der Waals surface area contributed by atoms with Crippen LogP contribution in [0.15, 0.2) is 28.8 Å². The first kappa shape index (κ1) is 16.8. The van der Waals surface area contributed by atoms with Crippen molar-refractivity contribution in [3.8, 4) is 11.5 Å². The number of phenolic OH excluding ortho intramolecular Hbond substituents is 1. The SMILES string of the molecule is COc1ccc(CN(C)Cc2cc(C3CCCCC3)no2)cc1O. The van der Waals surface area contributed by atoms with E-state index in [4.69, 9.17) is 9.26 Å². The van der Waals surface area contributed by atoms with Gasteiger partial charge in [-0.3, -0.25) is 4.90 Å². The molecule has 1 heterocycles. The number of aromatic nitrogens is 1. The van der Waals surface area contributed by atoms with Crippen molar-refractivity contribution in [3.63, 3.8) is 0 Å². The lowest BCUT2D eigenvalue weighted by Gasteiger charge is -2.18. The summed E-state index contributed by atoms with van der Waals surface area (Å²) in [5, 5.41) is 14.1. The van der Waals surface area contributed by atoms with E-state index < -0.39 is 0 Å². The third kappa shape index (κ3) is 4.09. The molecule has 0 spiro atoms. The van der Waals surface area contributed by atoms with Gasteiger partial charge in [0.15, 0.2) is 17.3 Å². The van der Waals surface area contributed by atoms with E-state index in [9.17, 15) is 5.11 Å². The Bertz CT molecular complexity index is 662. The first-order valence-electron chi connectivity index (χ1n) is 8.65. The van der Waals surface area contributed by atoms with Crippen molar-refractivity contribution in [1.82, 2.24) is 10.1 Å². The maximum atomic E-state index is 9.87. The molecule has 1 aliphatic rings. The zero-order valence-corrected chi connectivity index (χ0v) is 14.5. The molecule has 1 aliphatic carbocycles. The zero-order chi connectivity index (χ0) is 16.9. The molecule has 3 rings (SSSR count). The quantitative estimate of drug-likeness (QED) is 0.865. The summed E-state index contributed by atoms with van der Waals surface area (Å²) < 4.78 is 10.6. The molecular weight excluding hydrogens is 304 g/mol. The molecule has 0 aliphatic heterocycles. The fourth-order valence-corrected chi connectivity index (χ4v) is 3.46. The van der Waals surface area contributed by atoms with Gasteiger partial charge in [-0.15, -0.1) is 0 Å². The summed E-state index contributed by atoms with van der Waals surface area (Å²) in [5.74, 6) is 2.13. The number of nitrogens with zero attached hydrogens (tertiary/aromatic N) is 2. The highest BCUT2D eigenvalue weighted by atomic mass is 16.5. The van der Waals surface area contributed by atoms with Gasteiger partial charge in [-0.1, -0.05) is 30.5 Å². The Kier molecular flexibility index (Phi) is 5.41. The van der Waals surface area contributed by atoms with Gasteiger partial charge < -0.3 is 14.4 Å². The minimum atomic E-state index is 0.169. The molecule has 1 fully saturated rings. The molecule has 0 atom stereocenters. The van der Waals surface area contributed by atoms with E-state index in [1.54, 1.807) is 19.2 Å². The Hall–Kier alpha value is -2.01. The van der Waals surface area contributed by atoms with Gasteiger partial charge in [0, 0.05) is 18.5 Å². The van der Waals surface area contributed by atoms with E-state index in [2.05, 4.69) is 16.1 Å². The number of hydrogen-bond donors (Lipinski definition) is 1. The highest BCUT2D eigenvalue weighted by molar-refractivity contribution is 5.41. The molecule has 1 aromatic heterocycles. The van der Waals surface area contributed by atoms with Crippen LogP contribution < -0.4 is 4.74 Å². The lowest BCUT2D eigenvalue weighted by atomic mass is 9.87. The topological polar surface area (TPSA) is 58.7 Å². The first-order valence-corrected chi connectivity index (χ1v) is 8.65. The van der Waals surface area contributed by atoms with Crippen molar-refractivity contribution in [2.45, 2.75) is 51.1 Å². The van der Waals surface area contributed by atoms with Crippen LogP contribution in [0.25, 0.3) is 0 Å². The van der Waals surface area contributed by atoms with E-state index in [0.717, 1.165) is 23.6 Å². The third-order valence-electron chi connectivity index (χ3n) is 4.72. The highest BCUT2D eigenvalue weighted by Crippen LogP contribution is 2.32. The normalized spacial score (nSPS) is 15.8. The number of phenols is 1. The van der Waals surface area contributed by atoms with Crippen LogP contribution in [0.4, 0.5) is 0 Å². The Morgan fingerprint density at radius 1 is 1.21 bits per heavy atom. The summed E-state index contributed by atoms with van der Waals surface area (Å²) in [5.41, 5.74) is 2.14. The number of rotatable bonds is 6. The molecular formula is C19H26N2O3. The lowest BCUT2D eigenvalue weighted by molar-refractivity contribution is 0.264. The Balaban J connectivity index is 1.57. The summed E-state index contributed by atoms with van der Waals surface area (Å²) in [6, 6.07) is 7.60. The summed E-state index contributed by atoms with van der Waals surface area (Å²) in [6.45, 7) is 1.42. The average molecular weight is 330 g/mol. The Labute approximate surface area is 143 Å². The number of aromatic hydroxyl groups is 1. The summed E-state index contributed by atoms with van der Waals surface area (Å²) in [7, 11) is 3.58. The predicted octanol–water partition coefficient (Wildman–Crippen LogP) is 4.07. The van der Waals surface area contributed by atoms with Crippen molar-refractivity contribution in [1.29, 1.82) is 0 Å². The van der Waals surface area contributed by atoms with E-state index in [1.165, 1.54) is 32.1 Å². The molecule has 1 saturated carbocycles. The van der Waals surface area contributed by atoms with Gasteiger partial charge in [0.05, 0.1) is 19.3 Å². The van der Waals surface area contributed by atoms with Crippen LogP contribution in [0.3, 0.4) is 0 Å². The van der Waals surface area contributed by atoms with Gasteiger partial charge in [-0.25, -0.2) is 0 Å². The highest BCUT2D eigenvalue weighted by Gasteiger charge is 2.19. The largest absolute Gasteiger partial charge is 0.504 e. The molecule has 1 aromatic carbocycles. The second kappa shape index (κ2) is 7.71. The molecule has 5 nitrogen and oxygen atoms in total. The molecule has 5 heteroatoms. The van der Waals surface area contributed by atoms with Gasteiger partial charge in [-0.2, -0.15) is 0 Å². The van der Waals surface area contributed by atoms with Crippen LogP contribution in [-0.2, 0) is 13.1 Å². The minimum absolute atomic E-state index is 0.169. The number of hydrogen-bond acceptors (Lipinski definition) is 5. The Morgan fingerprint density at radius 3 is 2.71 bits per heavy atom. The molecule has 2 aromatic rings. The lowest BCUT2D eigenvalue weighted by Crippen LogP contribution is -2.16. The number of ether oxygens (including phenoxy) is 1. The van der Waals surface area contributed by atoms with Crippen LogP contribution in [0.1, 0.15) is 55.0 Å². The van der Waals surface area contributed by atoms with Crippen LogP contribution in [-0.4, -0.2) is 29.3 Å². The van der Waals surface area contributed by atoms with E-state index in [-0.39, 0.29) is 5.75 Å². The third-order valence-corrected chi connectivity index (χ3v) is 4.72. The molecule has 130 valence electrons. The molecule has 0 amide bonds. The molecule has 0 saturated heterocycles. The van der Waals surface area contributed by atoms with Crippen molar-refractivity contribution >= 4 is 0 Å². The van der Waals surface area contributed by atoms with Gasteiger partial charge in [0.25, 0.3) is 0 Å². The van der Waals surface area contributed by atoms with E-state index in [0.29, 0.717) is 18.2 Å². The Morgan fingerprint density at radius 2 is 2.00 bits per heavy atom. The van der Waals surface area contributed by atoms with Crippen molar-refractivity contribution in [3.05, 3.63) is 41.3 Å². The molecule has 0 bridgehead atoms. The monoisotopic (exact) mass is 330 g/mol. The molecule has 0 unspecified atom stereocenters. The van der Waals surface area contributed by atoms with Gasteiger partial charge in [-0.05, 0) is 37.6 Å². The van der Waals surface area contributed by atoms with Crippen molar-refractivity contribution < 1.29 is 14.4 Å². The first-order chi connectivity index (χ1) is 11.7. The summed E-state index contributed by atoms with van der Waals surface area (Å²) >= 11 is 0. The smallest absolute Gasteiger partial charge is 0.160 e. The number of benzene rings is 1. The van der Waals surface area contributed by atoms with Crippen molar-refractivity contribution in [2.75, 3.05) is 14.2 Å². The fraction of sp³-hybridized carbons (Fsp3) is 0.526. The summed E-state index contributed by atoms with van der Waals surface area (Å²) in [6.07, 6.45) is 6.40. The number of methoxy groups -OCH3 is 1. The van der Waals surface area contributed by atoms with Gasteiger partial charge >= 0.3 is 0 Å². The summed E-state index contributed by atoms with van der Waals surface area (Å²) in [4.78, 5) is 2.15. The average Bonchev–Trinajstić information content (AvgIpc) is 3.04. The molecule has 0 radical (unpaired) electrons. The molecule has 24 heavy (non-hydrogen) atoms. The van der Waals surface area contributed by atoms with Gasteiger partial charge in [0.2, 0.25) is 0 Å². The zero-order valence-electron chi connectivity index (χ0n) is 14.5. The van der Waals surface area contributed by atoms with E-state index in [1.807, 2.05) is 13.1 Å². The fourth-order valence-electron chi connectivity index (χ4n) is 3.46. The van der Waals surface area contributed by atoms with E-state index >= 15 is 0 Å². The second-order valence-electron chi connectivity index (χ2n) is 6.73. The van der Waals surface area contributed by atoms with Crippen LogP contribution >= 0.6 is 0 Å². The minimum Gasteiger partial charge on any atom is -0.504 e. The second-order valence-corrected chi connectivity index (χ2v) is 6.73. The maximum absolute atomic E-state index is 9.87.